The van der Waals surface area contributed by atoms with E-state index in [-0.39, 0.29) is 34.2 Å². The van der Waals surface area contributed by atoms with Gasteiger partial charge in [-0.05, 0) is 47.9 Å². The third-order valence-corrected chi connectivity index (χ3v) is 7.31. The molecule has 1 amide bonds. The number of nitrogens with one attached hydrogen (secondary N) is 1. The lowest BCUT2D eigenvalue weighted by Crippen LogP contribution is -2.44. The van der Waals surface area contributed by atoms with Gasteiger partial charge in [-0.3, -0.25) is 9.79 Å². The molecule has 2 aromatic rings. The van der Waals surface area contributed by atoms with Crippen molar-refractivity contribution in [3.05, 3.63) is 62.9 Å². The van der Waals surface area contributed by atoms with E-state index in [4.69, 9.17) is 23.2 Å². The maximum Gasteiger partial charge on any atom is 0.400 e. The lowest BCUT2D eigenvalue weighted by atomic mass is 9.77. The summed E-state index contributed by atoms with van der Waals surface area (Å²) in [5, 5.41) is 2.76. The Labute approximate surface area is 191 Å². The van der Waals surface area contributed by atoms with Crippen LogP contribution in [-0.2, 0) is 5.41 Å². The third-order valence-electron chi connectivity index (χ3n) is 5.64. The SMILES string of the molecule is Cc1cc(C2=NCC(c3cc(Cl)nc(Cl)c3)(C(F)(F)F)C2)ccc1C(=O)NC1CSC1. The molecule has 31 heavy (non-hydrogen) atoms. The Hall–Kier alpha value is -1.77. The molecule has 1 saturated heterocycles. The number of aliphatic imine (C=N–C) groups is 1. The summed E-state index contributed by atoms with van der Waals surface area (Å²) in [6.45, 7) is 1.30. The van der Waals surface area contributed by atoms with Crippen molar-refractivity contribution in [2.45, 2.75) is 31.0 Å². The average molecular weight is 488 g/mol. The van der Waals surface area contributed by atoms with E-state index >= 15 is 0 Å². The number of hydrogen-bond donors (Lipinski definition) is 1. The molecule has 0 aliphatic carbocycles. The normalized spacial score (nSPS) is 21.5. The second kappa shape index (κ2) is 8.30. The zero-order valence-electron chi connectivity index (χ0n) is 16.4. The highest BCUT2D eigenvalue weighted by Gasteiger charge is 2.58. The number of hydrogen-bond acceptors (Lipinski definition) is 4. The second-order valence-electron chi connectivity index (χ2n) is 7.76. The molecule has 4 nitrogen and oxygen atoms in total. The van der Waals surface area contributed by atoms with E-state index < -0.39 is 18.1 Å². The van der Waals surface area contributed by atoms with Gasteiger partial charge in [0, 0.05) is 35.2 Å². The maximum atomic E-state index is 14.2. The van der Waals surface area contributed by atoms with E-state index in [0.717, 1.165) is 11.5 Å². The van der Waals surface area contributed by atoms with Gasteiger partial charge in [0.1, 0.15) is 15.7 Å². The molecule has 1 unspecified atom stereocenters. The number of aromatic nitrogens is 1. The van der Waals surface area contributed by atoms with Crippen LogP contribution in [0.15, 0.2) is 35.3 Å². The Bertz CT molecular complexity index is 1050. The number of alkyl halides is 3. The Morgan fingerprint density at radius 1 is 1.19 bits per heavy atom. The number of rotatable bonds is 4. The van der Waals surface area contributed by atoms with Gasteiger partial charge < -0.3 is 5.32 Å². The number of aryl methyl sites for hydroxylation is 1. The summed E-state index contributed by atoms with van der Waals surface area (Å²) in [5.41, 5.74) is -0.213. The summed E-state index contributed by atoms with van der Waals surface area (Å²) in [6.07, 6.45) is -4.92. The second-order valence-corrected chi connectivity index (χ2v) is 9.61. The van der Waals surface area contributed by atoms with E-state index in [1.807, 2.05) is 0 Å². The number of carbonyl (C=O) groups is 1. The van der Waals surface area contributed by atoms with Gasteiger partial charge in [-0.1, -0.05) is 29.3 Å². The first kappa shape index (κ1) is 22.4. The molecule has 2 aliphatic heterocycles. The van der Waals surface area contributed by atoms with Crippen LogP contribution in [0.4, 0.5) is 13.2 Å². The van der Waals surface area contributed by atoms with Crippen LogP contribution in [0.2, 0.25) is 10.3 Å². The lowest BCUT2D eigenvalue weighted by Gasteiger charge is -2.31. The summed E-state index contributed by atoms with van der Waals surface area (Å²) >= 11 is 13.5. The molecule has 0 radical (unpaired) electrons. The number of nitrogens with zero attached hydrogens (tertiary/aromatic N) is 2. The van der Waals surface area contributed by atoms with Crippen LogP contribution < -0.4 is 5.32 Å². The quantitative estimate of drug-likeness (QED) is 0.600. The smallest absolute Gasteiger partial charge is 0.348 e. The highest BCUT2D eigenvalue weighted by atomic mass is 35.5. The van der Waals surface area contributed by atoms with Crippen LogP contribution in [0.3, 0.4) is 0 Å². The monoisotopic (exact) mass is 487 g/mol. The van der Waals surface area contributed by atoms with E-state index in [1.165, 1.54) is 12.1 Å². The summed E-state index contributed by atoms with van der Waals surface area (Å²) in [4.78, 5) is 20.4. The fourth-order valence-electron chi connectivity index (χ4n) is 3.79. The van der Waals surface area contributed by atoms with Crippen molar-refractivity contribution in [3.63, 3.8) is 0 Å². The van der Waals surface area contributed by atoms with Gasteiger partial charge in [0.2, 0.25) is 0 Å². The Morgan fingerprint density at radius 2 is 1.87 bits per heavy atom. The molecule has 2 aliphatic rings. The molecule has 1 atom stereocenters. The highest BCUT2D eigenvalue weighted by molar-refractivity contribution is 8.00. The van der Waals surface area contributed by atoms with Gasteiger partial charge >= 0.3 is 6.18 Å². The molecule has 10 heteroatoms. The topological polar surface area (TPSA) is 54.4 Å². The minimum atomic E-state index is -4.57. The van der Waals surface area contributed by atoms with E-state index in [0.29, 0.717) is 22.4 Å². The Morgan fingerprint density at radius 3 is 2.42 bits per heavy atom. The summed E-state index contributed by atoms with van der Waals surface area (Å²) in [5.74, 6) is 1.61. The Kier molecular flexibility index (Phi) is 6.00. The molecule has 0 bridgehead atoms. The predicted molar refractivity (Wildman–Crippen MR) is 118 cm³/mol. The molecule has 1 aromatic heterocycles. The van der Waals surface area contributed by atoms with Crippen LogP contribution in [-0.4, -0.2) is 46.9 Å². The molecule has 3 heterocycles. The molecule has 0 spiro atoms. The first-order chi connectivity index (χ1) is 14.6. The summed E-state index contributed by atoms with van der Waals surface area (Å²) < 4.78 is 42.7. The lowest BCUT2D eigenvalue weighted by molar-refractivity contribution is -0.183. The van der Waals surface area contributed by atoms with Crippen LogP contribution in [0, 0.1) is 6.92 Å². The van der Waals surface area contributed by atoms with Crippen molar-refractivity contribution in [3.8, 4) is 0 Å². The summed E-state index contributed by atoms with van der Waals surface area (Å²) in [6, 6.07) is 7.55. The van der Waals surface area contributed by atoms with Crippen LogP contribution in [0.1, 0.15) is 33.5 Å². The predicted octanol–water partition coefficient (Wildman–Crippen LogP) is 5.24. The van der Waals surface area contributed by atoms with Crippen LogP contribution in [0.25, 0.3) is 0 Å². The standard InChI is InChI=1S/C21H18Cl2F3N3OS/c1-11-4-12(2-3-15(11)19(30)28-14-8-31-9-14)16-7-20(10-27-16,21(24,25)26)13-5-17(22)29-18(23)6-13/h2-6,14H,7-10H2,1H3,(H,28,30). The maximum absolute atomic E-state index is 14.2. The Balaban J connectivity index is 1.61. The number of pyridine rings is 1. The van der Waals surface area contributed by atoms with Crippen molar-refractivity contribution in [2.24, 2.45) is 4.99 Å². The molecule has 1 aromatic carbocycles. The average Bonchev–Trinajstić information content (AvgIpc) is 3.10. The molecule has 0 saturated carbocycles. The van der Waals surface area contributed by atoms with Gasteiger partial charge in [0.25, 0.3) is 5.91 Å². The van der Waals surface area contributed by atoms with Crippen LogP contribution in [0.5, 0.6) is 0 Å². The van der Waals surface area contributed by atoms with E-state index in [9.17, 15) is 18.0 Å². The third kappa shape index (κ3) is 4.30. The van der Waals surface area contributed by atoms with Crippen LogP contribution >= 0.6 is 35.0 Å². The zero-order valence-corrected chi connectivity index (χ0v) is 18.7. The first-order valence-electron chi connectivity index (χ1n) is 9.52. The number of thioether (sulfide) groups is 1. The highest BCUT2D eigenvalue weighted by Crippen LogP contribution is 2.48. The summed E-state index contributed by atoms with van der Waals surface area (Å²) in [7, 11) is 0. The van der Waals surface area contributed by atoms with Crippen molar-refractivity contribution < 1.29 is 18.0 Å². The molecule has 164 valence electrons. The number of benzene rings is 1. The van der Waals surface area contributed by atoms with Crippen molar-refractivity contribution in [1.82, 2.24) is 10.3 Å². The first-order valence-corrected chi connectivity index (χ1v) is 11.4. The fraction of sp³-hybridized carbons (Fsp3) is 0.381. The molecular weight excluding hydrogens is 470 g/mol. The van der Waals surface area contributed by atoms with Crippen molar-refractivity contribution in [2.75, 3.05) is 18.1 Å². The molecular formula is C21H18Cl2F3N3OS. The molecule has 1 N–H and O–H groups in total. The minimum Gasteiger partial charge on any atom is -0.348 e. The van der Waals surface area contributed by atoms with Gasteiger partial charge in [-0.25, -0.2) is 4.98 Å². The van der Waals surface area contributed by atoms with Crippen molar-refractivity contribution >= 4 is 46.6 Å². The number of carbonyl (C=O) groups excluding carboxylic acids is 1. The molecule has 4 rings (SSSR count). The largest absolute Gasteiger partial charge is 0.400 e. The number of amides is 1. The van der Waals surface area contributed by atoms with Gasteiger partial charge in [0.15, 0.2) is 0 Å². The molecule has 1 fully saturated rings. The van der Waals surface area contributed by atoms with Gasteiger partial charge in [-0.2, -0.15) is 24.9 Å². The zero-order chi connectivity index (χ0) is 22.4. The van der Waals surface area contributed by atoms with Crippen molar-refractivity contribution in [1.29, 1.82) is 0 Å². The van der Waals surface area contributed by atoms with E-state index in [2.05, 4.69) is 15.3 Å². The van der Waals surface area contributed by atoms with Gasteiger partial charge in [-0.15, -0.1) is 0 Å². The van der Waals surface area contributed by atoms with E-state index in [1.54, 1.807) is 36.9 Å². The fourth-order valence-corrected chi connectivity index (χ4v) is 4.89. The minimum absolute atomic E-state index is 0.0603. The number of halogens is 5. The van der Waals surface area contributed by atoms with Gasteiger partial charge in [0.05, 0.1) is 6.54 Å².